The third-order valence-corrected chi connectivity index (χ3v) is 15.9. The lowest BCUT2D eigenvalue weighted by Gasteiger charge is -2.21. The Kier molecular flexibility index (Phi) is 52.5. The molecule has 0 rings (SSSR count). The molecule has 0 amide bonds. The van der Waals surface area contributed by atoms with Crippen molar-refractivity contribution >= 4 is 39.5 Å². The standard InChI is InChI=1S/C61H118O17P2/c1-7-9-11-13-14-15-17-21-26-32-38-44-59(64)72-50-57(78-60(65)45-39-33-27-22-19-16-18-20-24-30-35-41-53(3)4)52-76-80(69,70)74-48-55(62)47-73-79(67,68)75-51-56(49-71-58(63)43-37-29-12-10-8-2)77-61(66)46-40-34-28-23-25-31-36-42-54(5)6/h53-57,62H,7-52H2,1-6H3,(H,67,68)(H,69,70)/t55-,56+,57+/m0/s1. The quantitative estimate of drug-likeness (QED) is 0.0222. The van der Waals surface area contributed by atoms with Crippen LogP contribution in [0.5, 0.6) is 0 Å². The highest BCUT2D eigenvalue weighted by molar-refractivity contribution is 7.47. The zero-order valence-corrected chi connectivity index (χ0v) is 53.2. The minimum Gasteiger partial charge on any atom is -0.462 e. The Morgan fingerprint density at radius 2 is 0.575 bits per heavy atom. The average Bonchev–Trinajstić information content (AvgIpc) is 3.41. The molecule has 474 valence electrons. The van der Waals surface area contributed by atoms with Crippen LogP contribution in [0.15, 0.2) is 0 Å². The van der Waals surface area contributed by atoms with Crippen LogP contribution in [0.2, 0.25) is 0 Å². The van der Waals surface area contributed by atoms with Crippen molar-refractivity contribution in [3.05, 3.63) is 0 Å². The van der Waals surface area contributed by atoms with Gasteiger partial charge in [-0.3, -0.25) is 37.3 Å². The molecule has 3 N–H and O–H groups in total. The zero-order chi connectivity index (χ0) is 59.4. The lowest BCUT2D eigenvalue weighted by molar-refractivity contribution is -0.161. The molecule has 5 atom stereocenters. The molecule has 17 nitrogen and oxygen atoms in total. The van der Waals surface area contributed by atoms with E-state index in [4.69, 9.17) is 37.0 Å². The number of unbranched alkanes of at least 4 members (excludes halogenated alkanes) is 30. The highest BCUT2D eigenvalue weighted by atomic mass is 31.2. The van der Waals surface area contributed by atoms with Crippen LogP contribution in [-0.4, -0.2) is 96.7 Å². The Morgan fingerprint density at radius 3 is 0.850 bits per heavy atom. The summed E-state index contributed by atoms with van der Waals surface area (Å²) in [5.41, 5.74) is 0. The summed E-state index contributed by atoms with van der Waals surface area (Å²) in [6, 6.07) is 0. The van der Waals surface area contributed by atoms with Crippen LogP contribution in [0.1, 0.15) is 298 Å². The number of ether oxygens (including phenoxy) is 4. The highest BCUT2D eigenvalue weighted by Gasteiger charge is 2.30. The molecule has 0 saturated heterocycles. The molecule has 0 aromatic heterocycles. The van der Waals surface area contributed by atoms with E-state index in [0.29, 0.717) is 31.6 Å². The van der Waals surface area contributed by atoms with Crippen LogP contribution >= 0.6 is 15.6 Å². The van der Waals surface area contributed by atoms with E-state index in [1.807, 2.05) is 0 Å². The van der Waals surface area contributed by atoms with Crippen LogP contribution in [0, 0.1) is 11.8 Å². The van der Waals surface area contributed by atoms with Crippen LogP contribution < -0.4 is 0 Å². The summed E-state index contributed by atoms with van der Waals surface area (Å²) in [6.07, 6.45) is 35.2. The number of hydrogen-bond donors (Lipinski definition) is 3. The van der Waals surface area contributed by atoms with Crippen molar-refractivity contribution in [3.63, 3.8) is 0 Å². The number of aliphatic hydroxyl groups is 1. The number of hydrogen-bond acceptors (Lipinski definition) is 15. The van der Waals surface area contributed by atoms with Crippen molar-refractivity contribution in [2.75, 3.05) is 39.6 Å². The molecule has 0 aromatic rings. The third-order valence-electron chi connectivity index (χ3n) is 14.0. The van der Waals surface area contributed by atoms with Crippen LogP contribution in [0.4, 0.5) is 0 Å². The van der Waals surface area contributed by atoms with E-state index in [1.165, 1.54) is 109 Å². The van der Waals surface area contributed by atoms with E-state index < -0.39 is 97.5 Å². The number of carbonyl (C=O) groups is 4. The van der Waals surface area contributed by atoms with E-state index in [2.05, 4.69) is 41.5 Å². The van der Waals surface area contributed by atoms with Gasteiger partial charge in [0.05, 0.1) is 26.4 Å². The number of rotatable bonds is 60. The summed E-state index contributed by atoms with van der Waals surface area (Å²) in [4.78, 5) is 71.8. The Bertz CT molecular complexity index is 1580. The first-order chi connectivity index (χ1) is 38.4. The minimum absolute atomic E-state index is 0.102. The molecule has 0 heterocycles. The monoisotopic (exact) mass is 1180 g/mol. The first-order valence-corrected chi connectivity index (χ1v) is 35.0. The van der Waals surface area contributed by atoms with E-state index in [9.17, 15) is 43.2 Å². The third kappa shape index (κ3) is 55.3. The van der Waals surface area contributed by atoms with Crippen LogP contribution in [-0.2, 0) is 65.4 Å². The molecule has 0 saturated carbocycles. The van der Waals surface area contributed by atoms with Crippen molar-refractivity contribution in [2.24, 2.45) is 11.8 Å². The number of aliphatic hydroxyl groups excluding tert-OH is 1. The number of carbonyl (C=O) groups excluding carboxylic acids is 4. The average molecular weight is 1190 g/mol. The molecule has 0 bridgehead atoms. The summed E-state index contributed by atoms with van der Waals surface area (Å²) < 4.78 is 67.7. The lowest BCUT2D eigenvalue weighted by atomic mass is 10.0. The second-order valence-electron chi connectivity index (χ2n) is 23.0. The summed E-state index contributed by atoms with van der Waals surface area (Å²) in [5.74, 6) is -0.688. The Hall–Kier alpha value is -1.94. The summed E-state index contributed by atoms with van der Waals surface area (Å²) in [5, 5.41) is 10.5. The zero-order valence-electron chi connectivity index (χ0n) is 51.4. The second kappa shape index (κ2) is 53.8. The molecule has 0 radical (unpaired) electrons. The van der Waals surface area contributed by atoms with Crippen molar-refractivity contribution in [3.8, 4) is 0 Å². The van der Waals surface area contributed by atoms with E-state index in [1.54, 1.807) is 0 Å². The predicted octanol–water partition coefficient (Wildman–Crippen LogP) is 16.5. The molecule has 80 heavy (non-hydrogen) atoms. The molecule has 0 aromatic carbocycles. The SMILES string of the molecule is CCCCCCCCCCCCCC(=O)OC[C@H](COP(=O)(O)OC[C@@H](O)COP(=O)(O)OC[C@@H](COC(=O)CCCCCCC)OC(=O)CCCCCCCCCC(C)C)OC(=O)CCCCCCCCCCCCCC(C)C. The lowest BCUT2D eigenvalue weighted by Crippen LogP contribution is -2.30. The van der Waals surface area contributed by atoms with Gasteiger partial charge in [0.25, 0.3) is 0 Å². The largest absolute Gasteiger partial charge is 0.472 e. The molecular formula is C61H118O17P2. The first kappa shape index (κ1) is 78.1. The minimum atomic E-state index is -4.94. The number of phosphoric ester groups is 2. The summed E-state index contributed by atoms with van der Waals surface area (Å²) >= 11 is 0. The van der Waals surface area contributed by atoms with Gasteiger partial charge in [0.15, 0.2) is 12.2 Å². The van der Waals surface area contributed by atoms with Gasteiger partial charge in [-0.1, -0.05) is 247 Å². The first-order valence-electron chi connectivity index (χ1n) is 32.0. The highest BCUT2D eigenvalue weighted by Crippen LogP contribution is 2.45. The van der Waals surface area contributed by atoms with Gasteiger partial charge < -0.3 is 33.8 Å². The molecule has 0 aliphatic carbocycles. The van der Waals surface area contributed by atoms with Crippen molar-refractivity contribution in [2.45, 2.75) is 317 Å². The maximum absolute atomic E-state index is 12.9. The summed E-state index contributed by atoms with van der Waals surface area (Å²) in [7, 11) is -9.87. The van der Waals surface area contributed by atoms with Crippen molar-refractivity contribution < 1.29 is 80.2 Å². The van der Waals surface area contributed by atoms with Gasteiger partial charge in [-0.25, -0.2) is 9.13 Å². The molecule has 0 spiro atoms. The fourth-order valence-corrected chi connectivity index (χ4v) is 10.6. The van der Waals surface area contributed by atoms with Crippen LogP contribution in [0.25, 0.3) is 0 Å². The van der Waals surface area contributed by atoms with E-state index >= 15 is 0 Å². The van der Waals surface area contributed by atoms with Crippen molar-refractivity contribution in [1.82, 2.24) is 0 Å². The Morgan fingerprint density at radius 1 is 0.338 bits per heavy atom. The molecule has 2 unspecified atom stereocenters. The topological polar surface area (TPSA) is 237 Å². The molecule has 0 fully saturated rings. The van der Waals surface area contributed by atoms with Gasteiger partial charge in [0, 0.05) is 25.7 Å². The normalized spacial score (nSPS) is 14.4. The fraction of sp³-hybridized carbons (Fsp3) is 0.934. The van der Waals surface area contributed by atoms with Gasteiger partial charge >= 0.3 is 39.5 Å². The van der Waals surface area contributed by atoms with Gasteiger partial charge in [0.2, 0.25) is 0 Å². The van der Waals surface area contributed by atoms with Crippen LogP contribution in [0.3, 0.4) is 0 Å². The summed E-state index contributed by atoms with van der Waals surface area (Å²) in [6.45, 7) is 9.32. The predicted molar refractivity (Wildman–Crippen MR) is 317 cm³/mol. The van der Waals surface area contributed by atoms with E-state index in [0.717, 1.165) is 102 Å². The Balaban J connectivity index is 5.18. The maximum Gasteiger partial charge on any atom is 0.472 e. The molecule has 0 aliphatic rings. The van der Waals surface area contributed by atoms with Crippen molar-refractivity contribution in [1.29, 1.82) is 0 Å². The van der Waals surface area contributed by atoms with Gasteiger partial charge in [-0.2, -0.15) is 0 Å². The maximum atomic E-state index is 12.9. The smallest absolute Gasteiger partial charge is 0.462 e. The number of esters is 4. The van der Waals surface area contributed by atoms with Gasteiger partial charge in [0.1, 0.15) is 19.3 Å². The molecular weight excluding hydrogens is 1070 g/mol. The molecule has 0 aliphatic heterocycles. The van der Waals surface area contributed by atoms with Gasteiger partial charge in [-0.15, -0.1) is 0 Å². The van der Waals surface area contributed by atoms with E-state index in [-0.39, 0.29) is 25.7 Å². The van der Waals surface area contributed by atoms with Gasteiger partial charge in [-0.05, 0) is 37.5 Å². The Labute approximate surface area is 486 Å². The molecule has 19 heteroatoms. The second-order valence-corrected chi connectivity index (χ2v) is 25.9. The fourth-order valence-electron chi connectivity index (χ4n) is 9.00. The number of phosphoric acid groups is 2.